The Bertz CT molecular complexity index is 451. The summed E-state index contributed by atoms with van der Waals surface area (Å²) in [5.41, 5.74) is 7.56. The number of nitrogen functional groups attached to an aromatic ring is 1. The van der Waals surface area contributed by atoms with Gasteiger partial charge in [0.2, 0.25) is 5.91 Å². The van der Waals surface area contributed by atoms with E-state index in [4.69, 9.17) is 5.73 Å². The fraction of sp³-hybridized carbons (Fsp3) is 0.562. The SMILES string of the molecule is CCC1(CC)CCN(CC(=O)Nc2ccc(N)cc2)C1. The molecule has 0 aromatic heterocycles. The van der Waals surface area contributed by atoms with Crippen molar-refractivity contribution in [2.75, 3.05) is 30.7 Å². The van der Waals surface area contributed by atoms with Crippen LogP contribution in [-0.2, 0) is 4.79 Å². The molecule has 0 spiro atoms. The Kier molecular flexibility index (Phi) is 4.65. The summed E-state index contributed by atoms with van der Waals surface area (Å²) >= 11 is 0. The van der Waals surface area contributed by atoms with Crippen molar-refractivity contribution >= 4 is 17.3 Å². The van der Waals surface area contributed by atoms with Crippen LogP contribution >= 0.6 is 0 Å². The molecule has 1 fully saturated rings. The van der Waals surface area contributed by atoms with Gasteiger partial charge in [0.05, 0.1) is 6.54 Å². The molecule has 4 nitrogen and oxygen atoms in total. The summed E-state index contributed by atoms with van der Waals surface area (Å²) in [6.45, 7) is 7.04. The third-order valence-electron chi connectivity index (χ3n) is 4.58. The van der Waals surface area contributed by atoms with Crippen LogP contribution in [0.15, 0.2) is 24.3 Å². The van der Waals surface area contributed by atoms with Crippen molar-refractivity contribution in [3.63, 3.8) is 0 Å². The maximum atomic E-state index is 12.1. The highest BCUT2D eigenvalue weighted by atomic mass is 16.2. The van der Waals surface area contributed by atoms with Crippen molar-refractivity contribution in [2.45, 2.75) is 33.1 Å². The van der Waals surface area contributed by atoms with Gasteiger partial charge in [-0.05, 0) is 55.5 Å². The lowest BCUT2D eigenvalue weighted by atomic mass is 9.82. The molecule has 2 rings (SSSR count). The smallest absolute Gasteiger partial charge is 0.238 e. The van der Waals surface area contributed by atoms with Crippen LogP contribution in [0.4, 0.5) is 11.4 Å². The Morgan fingerprint density at radius 3 is 2.50 bits per heavy atom. The molecule has 0 radical (unpaired) electrons. The van der Waals surface area contributed by atoms with Gasteiger partial charge in [0.15, 0.2) is 0 Å². The summed E-state index contributed by atoms with van der Waals surface area (Å²) < 4.78 is 0. The maximum Gasteiger partial charge on any atom is 0.238 e. The van der Waals surface area contributed by atoms with E-state index in [9.17, 15) is 4.79 Å². The van der Waals surface area contributed by atoms with Crippen molar-refractivity contribution in [1.29, 1.82) is 0 Å². The summed E-state index contributed by atoms with van der Waals surface area (Å²) in [6, 6.07) is 7.26. The van der Waals surface area contributed by atoms with Gasteiger partial charge in [-0.1, -0.05) is 13.8 Å². The van der Waals surface area contributed by atoms with Crippen LogP contribution in [0.25, 0.3) is 0 Å². The predicted molar refractivity (Wildman–Crippen MR) is 83.6 cm³/mol. The Morgan fingerprint density at radius 2 is 1.95 bits per heavy atom. The van der Waals surface area contributed by atoms with Crippen LogP contribution in [0.5, 0.6) is 0 Å². The summed E-state index contributed by atoms with van der Waals surface area (Å²) in [7, 11) is 0. The topological polar surface area (TPSA) is 58.4 Å². The molecule has 110 valence electrons. The van der Waals surface area contributed by atoms with Gasteiger partial charge in [-0.2, -0.15) is 0 Å². The van der Waals surface area contributed by atoms with Gasteiger partial charge < -0.3 is 11.1 Å². The van der Waals surface area contributed by atoms with Crippen molar-refractivity contribution in [3.8, 4) is 0 Å². The van der Waals surface area contributed by atoms with E-state index in [1.165, 1.54) is 19.3 Å². The third-order valence-corrected chi connectivity index (χ3v) is 4.58. The number of nitrogens with zero attached hydrogens (tertiary/aromatic N) is 1. The molecule has 1 amide bonds. The zero-order valence-electron chi connectivity index (χ0n) is 12.5. The van der Waals surface area contributed by atoms with Gasteiger partial charge in [-0.3, -0.25) is 9.69 Å². The number of hydrogen-bond donors (Lipinski definition) is 2. The second-order valence-corrected chi connectivity index (χ2v) is 5.84. The van der Waals surface area contributed by atoms with Crippen molar-refractivity contribution in [2.24, 2.45) is 5.41 Å². The number of likely N-dealkylation sites (tertiary alicyclic amines) is 1. The first-order valence-electron chi connectivity index (χ1n) is 7.44. The lowest BCUT2D eigenvalue weighted by Crippen LogP contribution is -2.33. The van der Waals surface area contributed by atoms with E-state index in [0.717, 1.165) is 18.8 Å². The standard InChI is InChI=1S/C16H25N3O/c1-3-16(4-2)9-10-19(12-16)11-15(20)18-14-7-5-13(17)6-8-14/h5-8H,3-4,9-12,17H2,1-2H3,(H,18,20). The maximum absolute atomic E-state index is 12.1. The zero-order valence-corrected chi connectivity index (χ0v) is 12.5. The molecule has 0 bridgehead atoms. The van der Waals surface area contributed by atoms with Crippen molar-refractivity contribution in [1.82, 2.24) is 4.90 Å². The van der Waals surface area contributed by atoms with Crippen LogP contribution in [-0.4, -0.2) is 30.4 Å². The molecule has 1 aliphatic heterocycles. The Hall–Kier alpha value is -1.55. The molecule has 1 aromatic rings. The minimum Gasteiger partial charge on any atom is -0.399 e. The van der Waals surface area contributed by atoms with Crippen LogP contribution < -0.4 is 11.1 Å². The highest BCUT2D eigenvalue weighted by Crippen LogP contribution is 2.36. The quantitative estimate of drug-likeness (QED) is 0.812. The van der Waals surface area contributed by atoms with Crippen LogP contribution in [0.1, 0.15) is 33.1 Å². The average Bonchev–Trinajstić information content (AvgIpc) is 2.85. The summed E-state index contributed by atoms with van der Waals surface area (Å²) in [4.78, 5) is 14.3. The molecule has 1 aliphatic rings. The van der Waals surface area contributed by atoms with Gasteiger partial charge in [0.1, 0.15) is 0 Å². The first kappa shape index (κ1) is 14.9. The molecule has 1 heterocycles. The fourth-order valence-electron chi connectivity index (χ4n) is 2.96. The summed E-state index contributed by atoms with van der Waals surface area (Å²) in [5, 5.41) is 2.92. The number of amides is 1. The van der Waals surface area contributed by atoms with Gasteiger partial charge in [-0.25, -0.2) is 0 Å². The summed E-state index contributed by atoms with van der Waals surface area (Å²) in [5.74, 6) is 0.0535. The first-order valence-corrected chi connectivity index (χ1v) is 7.44. The van der Waals surface area contributed by atoms with Gasteiger partial charge in [0, 0.05) is 17.9 Å². The zero-order chi connectivity index (χ0) is 14.6. The Labute approximate surface area is 121 Å². The van der Waals surface area contributed by atoms with Gasteiger partial charge in [-0.15, -0.1) is 0 Å². The van der Waals surface area contributed by atoms with E-state index >= 15 is 0 Å². The molecule has 0 saturated carbocycles. The molecule has 4 heteroatoms. The van der Waals surface area contributed by atoms with E-state index in [1.54, 1.807) is 12.1 Å². The van der Waals surface area contributed by atoms with Crippen LogP contribution in [0.3, 0.4) is 0 Å². The molecule has 3 N–H and O–H groups in total. The number of carbonyl (C=O) groups excluding carboxylic acids is 1. The van der Waals surface area contributed by atoms with E-state index in [-0.39, 0.29) is 5.91 Å². The highest BCUT2D eigenvalue weighted by Gasteiger charge is 2.35. The molecule has 0 aliphatic carbocycles. The van der Waals surface area contributed by atoms with Crippen molar-refractivity contribution < 1.29 is 4.79 Å². The number of anilines is 2. The molecule has 0 atom stereocenters. The molecule has 20 heavy (non-hydrogen) atoms. The fourth-order valence-corrected chi connectivity index (χ4v) is 2.96. The molecule has 1 saturated heterocycles. The molecular formula is C16H25N3O. The number of rotatable bonds is 5. The van der Waals surface area contributed by atoms with E-state index < -0.39 is 0 Å². The lowest BCUT2D eigenvalue weighted by molar-refractivity contribution is -0.117. The van der Waals surface area contributed by atoms with Crippen molar-refractivity contribution in [3.05, 3.63) is 24.3 Å². The largest absolute Gasteiger partial charge is 0.399 e. The minimum absolute atomic E-state index is 0.0535. The second kappa shape index (κ2) is 6.27. The third kappa shape index (κ3) is 3.51. The Balaban J connectivity index is 1.85. The first-order chi connectivity index (χ1) is 9.57. The monoisotopic (exact) mass is 275 g/mol. The van der Waals surface area contributed by atoms with E-state index in [1.807, 2.05) is 12.1 Å². The normalized spacial score (nSPS) is 18.1. The minimum atomic E-state index is 0.0535. The van der Waals surface area contributed by atoms with E-state index in [0.29, 0.717) is 17.6 Å². The number of carbonyl (C=O) groups is 1. The second-order valence-electron chi connectivity index (χ2n) is 5.84. The predicted octanol–water partition coefficient (Wildman–Crippen LogP) is 2.72. The lowest BCUT2D eigenvalue weighted by Gasteiger charge is -2.26. The average molecular weight is 275 g/mol. The van der Waals surface area contributed by atoms with Crippen LogP contribution in [0, 0.1) is 5.41 Å². The van der Waals surface area contributed by atoms with Gasteiger partial charge in [0.25, 0.3) is 0 Å². The number of benzene rings is 1. The number of nitrogens with one attached hydrogen (secondary N) is 1. The Morgan fingerprint density at radius 1 is 1.30 bits per heavy atom. The number of hydrogen-bond acceptors (Lipinski definition) is 3. The summed E-state index contributed by atoms with van der Waals surface area (Å²) in [6.07, 6.45) is 3.59. The highest BCUT2D eigenvalue weighted by molar-refractivity contribution is 5.92. The molecular weight excluding hydrogens is 250 g/mol. The van der Waals surface area contributed by atoms with E-state index in [2.05, 4.69) is 24.1 Å². The number of nitrogens with two attached hydrogens (primary N) is 1. The van der Waals surface area contributed by atoms with Crippen LogP contribution in [0.2, 0.25) is 0 Å². The van der Waals surface area contributed by atoms with Gasteiger partial charge >= 0.3 is 0 Å². The molecule has 1 aromatic carbocycles. The molecule has 0 unspecified atom stereocenters.